The predicted octanol–water partition coefficient (Wildman–Crippen LogP) is 1.50. The molecule has 72 valence electrons. The third-order valence-electron chi connectivity index (χ3n) is 1.38. The molecular formula is C6H2Cl2FN5. The normalized spacial score (nSPS) is 10.5. The maximum Gasteiger partial charge on any atom is 0.242 e. The van der Waals surface area contributed by atoms with Crippen molar-refractivity contribution in [1.82, 2.24) is 24.7 Å². The number of hydrogen-bond acceptors (Lipinski definition) is 4. The minimum absolute atomic E-state index is 0.000801. The van der Waals surface area contributed by atoms with E-state index in [0.29, 0.717) is 0 Å². The van der Waals surface area contributed by atoms with Crippen LogP contribution in [-0.4, -0.2) is 24.7 Å². The highest BCUT2D eigenvalue weighted by Gasteiger charge is 2.09. The Morgan fingerprint density at radius 3 is 2.64 bits per heavy atom. The zero-order valence-corrected chi connectivity index (χ0v) is 8.04. The highest BCUT2D eigenvalue weighted by atomic mass is 35.5. The fourth-order valence-corrected chi connectivity index (χ4v) is 1.10. The Bertz CT molecular complexity index is 471. The van der Waals surface area contributed by atoms with Crippen LogP contribution in [0, 0.1) is 5.82 Å². The van der Waals surface area contributed by atoms with E-state index in [1.807, 2.05) is 0 Å². The van der Waals surface area contributed by atoms with Crippen molar-refractivity contribution in [3.05, 3.63) is 28.9 Å². The number of rotatable bonds is 1. The van der Waals surface area contributed by atoms with Crippen molar-refractivity contribution < 1.29 is 4.39 Å². The molecule has 2 aromatic heterocycles. The lowest BCUT2D eigenvalue weighted by molar-refractivity contribution is 0.592. The summed E-state index contributed by atoms with van der Waals surface area (Å²) in [6.45, 7) is 0. The molecule has 0 unspecified atom stereocenters. The highest BCUT2D eigenvalue weighted by molar-refractivity contribution is 6.28. The SMILES string of the molecule is Fc1cnc(Cl)nc1-n1cnc(Cl)n1. The van der Waals surface area contributed by atoms with E-state index in [1.54, 1.807) is 0 Å². The van der Waals surface area contributed by atoms with Gasteiger partial charge in [-0.25, -0.2) is 14.4 Å². The quantitative estimate of drug-likeness (QED) is 0.701. The van der Waals surface area contributed by atoms with Gasteiger partial charge in [0, 0.05) is 0 Å². The third-order valence-corrected chi connectivity index (χ3v) is 1.73. The van der Waals surface area contributed by atoms with Gasteiger partial charge in [-0.3, -0.25) is 0 Å². The van der Waals surface area contributed by atoms with Crippen LogP contribution in [0.4, 0.5) is 4.39 Å². The van der Waals surface area contributed by atoms with Gasteiger partial charge in [0.1, 0.15) is 6.33 Å². The summed E-state index contributed by atoms with van der Waals surface area (Å²) in [5.41, 5.74) is 0. The van der Waals surface area contributed by atoms with Gasteiger partial charge in [-0.15, -0.1) is 5.10 Å². The Labute approximate surface area is 87.5 Å². The molecule has 0 radical (unpaired) electrons. The number of aromatic nitrogens is 5. The standard InChI is InChI=1S/C6H2Cl2FN5/c7-5-10-1-3(9)4(12-5)14-2-11-6(8)13-14/h1-2H. The van der Waals surface area contributed by atoms with Crippen molar-refractivity contribution in [3.8, 4) is 5.82 Å². The van der Waals surface area contributed by atoms with Crippen molar-refractivity contribution >= 4 is 23.2 Å². The first-order valence-electron chi connectivity index (χ1n) is 3.42. The Hall–Kier alpha value is -1.27. The number of nitrogens with zero attached hydrogens (tertiary/aromatic N) is 5. The van der Waals surface area contributed by atoms with Gasteiger partial charge < -0.3 is 0 Å². The number of hydrogen-bond donors (Lipinski definition) is 0. The molecule has 0 aliphatic carbocycles. The van der Waals surface area contributed by atoms with E-state index in [4.69, 9.17) is 23.2 Å². The summed E-state index contributed by atoms with van der Waals surface area (Å²) in [6.07, 6.45) is 2.17. The second-order valence-electron chi connectivity index (χ2n) is 2.27. The molecule has 0 N–H and O–H groups in total. The van der Waals surface area contributed by atoms with Crippen LogP contribution in [0.25, 0.3) is 5.82 Å². The molecule has 5 nitrogen and oxygen atoms in total. The Morgan fingerprint density at radius 1 is 1.21 bits per heavy atom. The van der Waals surface area contributed by atoms with E-state index < -0.39 is 5.82 Å². The summed E-state index contributed by atoms with van der Waals surface area (Å²) in [5, 5.41) is 3.59. The fraction of sp³-hybridized carbons (Fsp3) is 0. The van der Waals surface area contributed by atoms with Gasteiger partial charge >= 0.3 is 0 Å². The summed E-state index contributed by atoms with van der Waals surface area (Å²) in [5.74, 6) is -0.750. The van der Waals surface area contributed by atoms with Crippen molar-refractivity contribution in [2.75, 3.05) is 0 Å². The summed E-state index contributed by atoms with van der Waals surface area (Å²) >= 11 is 11.0. The first kappa shape index (κ1) is 9.29. The molecule has 2 aromatic rings. The van der Waals surface area contributed by atoms with Crippen molar-refractivity contribution in [2.24, 2.45) is 0 Å². The minimum atomic E-state index is -0.657. The molecule has 0 spiro atoms. The lowest BCUT2D eigenvalue weighted by atomic mass is 10.5. The van der Waals surface area contributed by atoms with Crippen molar-refractivity contribution in [3.63, 3.8) is 0 Å². The van der Waals surface area contributed by atoms with Gasteiger partial charge in [0.25, 0.3) is 0 Å². The molecule has 2 heterocycles. The average Bonchev–Trinajstić information content (AvgIpc) is 2.56. The summed E-state index contributed by atoms with van der Waals surface area (Å²) in [6, 6.07) is 0. The summed E-state index contributed by atoms with van der Waals surface area (Å²) in [7, 11) is 0. The monoisotopic (exact) mass is 233 g/mol. The second-order valence-corrected chi connectivity index (χ2v) is 2.94. The highest BCUT2D eigenvalue weighted by Crippen LogP contribution is 2.11. The minimum Gasteiger partial charge on any atom is -0.223 e. The van der Waals surface area contributed by atoms with E-state index in [-0.39, 0.29) is 16.4 Å². The second kappa shape index (κ2) is 3.47. The molecular weight excluding hydrogens is 232 g/mol. The van der Waals surface area contributed by atoms with Crippen LogP contribution < -0.4 is 0 Å². The molecule has 2 rings (SSSR count). The summed E-state index contributed by atoms with van der Waals surface area (Å²) < 4.78 is 14.2. The van der Waals surface area contributed by atoms with Gasteiger partial charge in [-0.2, -0.15) is 9.67 Å². The predicted molar refractivity (Wildman–Crippen MR) is 46.9 cm³/mol. The van der Waals surface area contributed by atoms with Crippen LogP contribution >= 0.6 is 23.2 Å². The number of halogens is 3. The Balaban J connectivity index is 2.55. The van der Waals surface area contributed by atoms with Crippen molar-refractivity contribution in [2.45, 2.75) is 0 Å². The van der Waals surface area contributed by atoms with E-state index in [9.17, 15) is 4.39 Å². The van der Waals surface area contributed by atoms with E-state index in [2.05, 4.69) is 20.1 Å². The van der Waals surface area contributed by atoms with Crippen molar-refractivity contribution in [1.29, 1.82) is 0 Å². The van der Waals surface area contributed by atoms with Gasteiger partial charge in [0.15, 0.2) is 11.6 Å². The van der Waals surface area contributed by atoms with Gasteiger partial charge in [-0.1, -0.05) is 0 Å². The lowest BCUT2D eigenvalue weighted by Gasteiger charge is -1.99. The van der Waals surface area contributed by atoms with Crippen LogP contribution in [0.5, 0.6) is 0 Å². The van der Waals surface area contributed by atoms with Gasteiger partial charge in [-0.05, 0) is 23.2 Å². The maximum atomic E-state index is 13.1. The maximum absolute atomic E-state index is 13.1. The molecule has 0 aromatic carbocycles. The van der Waals surface area contributed by atoms with Crippen LogP contribution in [0.15, 0.2) is 12.5 Å². The third kappa shape index (κ3) is 1.66. The largest absolute Gasteiger partial charge is 0.242 e. The summed E-state index contributed by atoms with van der Waals surface area (Å²) in [4.78, 5) is 10.7. The van der Waals surface area contributed by atoms with E-state index in [0.717, 1.165) is 10.9 Å². The van der Waals surface area contributed by atoms with Gasteiger partial charge in [0.2, 0.25) is 10.6 Å². The topological polar surface area (TPSA) is 56.5 Å². The molecule has 0 saturated carbocycles. The fourth-order valence-electron chi connectivity index (χ4n) is 0.843. The first-order chi connectivity index (χ1) is 6.66. The zero-order chi connectivity index (χ0) is 10.1. The molecule has 0 fully saturated rings. The van der Waals surface area contributed by atoms with Crippen LogP contribution in [0.1, 0.15) is 0 Å². The van der Waals surface area contributed by atoms with Crippen LogP contribution in [-0.2, 0) is 0 Å². The molecule has 0 saturated heterocycles. The Morgan fingerprint density at radius 2 is 2.00 bits per heavy atom. The Kier molecular flexibility index (Phi) is 2.30. The zero-order valence-electron chi connectivity index (χ0n) is 6.52. The first-order valence-corrected chi connectivity index (χ1v) is 4.18. The lowest BCUT2D eigenvalue weighted by Crippen LogP contribution is -2.03. The molecule has 0 amide bonds. The smallest absolute Gasteiger partial charge is 0.223 e. The molecule has 14 heavy (non-hydrogen) atoms. The van der Waals surface area contributed by atoms with Crippen LogP contribution in [0.3, 0.4) is 0 Å². The average molecular weight is 234 g/mol. The molecule has 0 aliphatic heterocycles. The molecule has 0 aliphatic rings. The molecule has 8 heteroatoms. The molecule has 0 atom stereocenters. The van der Waals surface area contributed by atoms with E-state index >= 15 is 0 Å². The van der Waals surface area contributed by atoms with E-state index in [1.165, 1.54) is 6.33 Å². The van der Waals surface area contributed by atoms with Crippen LogP contribution in [0.2, 0.25) is 10.6 Å². The molecule has 0 bridgehead atoms. The van der Waals surface area contributed by atoms with Gasteiger partial charge in [0.05, 0.1) is 6.20 Å².